The number of carbonyl (C=O) groups is 2. The van der Waals surface area contributed by atoms with Gasteiger partial charge >= 0.3 is 12.1 Å². The zero-order valence-corrected chi connectivity index (χ0v) is 10.1. The number of nitrogens with one attached hydrogen (secondary N) is 1. The summed E-state index contributed by atoms with van der Waals surface area (Å²) in [7, 11) is 1.16. The second kappa shape index (κ2) is 5.39. The number of rotatable bonds is 4. The molecule has 0 spiro atoms. The Kier molecular flexibility index (Phi) is 4.14. The maximum Gasteiger partial charge on any atom is 0.407 e. The van der Waals surface area contributed by atoms with Gasteiger partial charge in [-0.15, -0.1) is 0 Å². The fraction of sp³-hybridized carbons (Fsp3) is 0.333. The number of hydrogen-bond acceptors (Lipinski definition) is 4. The van der Waals surface area contributed by atoms with Crippen LogP contribution in [0.25, 0.3) is 0 Å². The molecule has 3 N–H and O–H groups in total. The van der Waals surface area contributed by atoms with Gasteiger partial charge in [-0.25, -0.2) is 9.59 Å². The maximum absolute atomic E-state index is 11.2. The van der Waals surface area contributed by atoms with Crippen molar-refractivity contribution in [2.24, 2.45) is 0 Å². The molecule has 0 radical (unpaired) electrons. The van der Waals surface area contributed by atoms with Gasteiger partial charge in [0.05, 0.1) is 7.11 Å². The number of aromatic hydroxyl groups is 1. The van der Waals surface area contributed by atoms with Crippen LogP contribution in [0.2, 0.25) is 0 Å². The standard InChI is InChI=1S/C12H15NO5/c1-12(10(15)16,13-11(17)18-2)7-8-3-5-9(14)6-4-8/h3-6,14H,7H2,1-2H3,(H,13,17)(H,15,16). The molecule has 18 heavy (non-hydrogen) atoms. The predicted octanol–water partition coefficient (Wildman–Crippen LogP) is 1.13. The van der Waals surface area contributed by atoms with E-state index in [4.69, 9.17) is 5.11 Å². The smallest absolute Gasteiger partial charge is 0.407 e. The lowest BCUT2D eigenvalue weighted by atomic mass is 9.93. The zero-order valence-electron chi connectivity index (χ0n) is 10.1. The van der Waals surface area contributed by atoms with Crippen LogP contribution in [0.15, 0.2) is 24.3 Å². The van der Waals surface area contributed by atoms with Gasteiger partial charge in [0.2, 0.25) is 0 Å². The molecular weight excluding hydrogens is 238 g/mol. The molecule has 1 aromatic rings. The largest absolute Gasteiger partial charge is 0.508 e. The summed E-state index contributed by atoms with van der Waals surface area (Å²) in [6, 6.07) is 6.09. The van der Waals surface area contributed by atoms with Gasteiger partial charge in [-0.05, 0) is 24.6 Å². The third-order valence-corrected chi connectivity index (χ3v) is 2.53. The van der Waals surface area contributed by atoms with Crippen LogP contribution in [-0.4, -0.2) is 34.9 Å². The highest BCUT2D eigenvalue weighted by Crippen LogP contribution is 2.17. The van der Waals surface area contributed by atoms with Gasteiger partial charge in [0.25, 0.3) is 0 Å². The van der Waals surface area contributed by atoms with E-state index in [1.165, 1.54) is 19.1 Å². The number of phenolic OH excluding ortho intramolecular Hbond substituents is 1. The van der Waals surface area contributed by atoms with Gasteiger partial charge < -0.3 is 20.3 Å². The molecule has 0 aliphatic carbocycles. The van der Waals surface area contributed by atoms with Gasteiger partial charge in [0.1, 0.15) is 11.3 Å². The highest BCUT2D eigenvalue weighted by molar-refractivity contribution is 5.84. The molecule has 1 aromatic carbocycles. The first-order valence-electron chi connectivity index (χ1n) is 5.25. The lowest BCUT2D eigenvalue weighted by Crippen LogP contribution is -2.53. The van der Waals surface area contributed by atoms with E-state index in [-0.39, 0.29) is 12.2 Å². The minimum Gasteiger partial charge on any atom is -0.508 e. The van der Waals surface area contributed by atoms with Crippen molar-refractivity contribution < 1.29 is 24.5 Å². The summed E-state index contributed by atoms with van der Waals surface area (Å²) in [5.41, 5.74) is -0.793. The molecule has 0 saturated heterocycles. The second-order valence-corrected chi connectivity index (χ2v) is 4.10. The molecule has 0 aliphatic rings. The number of aliphatic carboxylic acids is 1. The SMILES string of the molecule is COC(=O)NC(C)(Cc1ccc(O)cc1)C(=O)O. The zero-order chi connectivity index (χ0) is 13.8. The molecule has 6 heteroatoms. The number of hydrogen-bond donors (Lipinski definition) is 3. The Bertz CT molecular complexity index is 442. The lowest BCUT2D eigenvalue weighted by Gasteiger charge is -2.25. The first-order chi connectivity index (χ1) is 8.37. The lowest BCUT2D eigenvalue weighted by molar-refractivity contribution is -0.143. The molecule has 1 atom stereocenters. The van der Waals surface area contributed by atoms with Crippen molar-refractivity contribution in [2.45, 2.75) is 18.9 Å². The molecule has 0 aliphatic heterocycles. The van der Waals surface area contributed by atoms with Crippen LogP contribution in [-0.2, 0) is 16.0 Å². The second-order valence-electron chi connectivity index (χ2n) is 4.10. The number of amides is 1. The van der Waals surface area contributed by atoms with Crippen LogP contribution >= 0.6 is 0 Å². The fourth-order valence-electron chi connectivity index (χ4n) is 1.47. The van der Waals surface area contributed by atoms with E-state index in [0.29, 0.717) is 5.56 Å². The van der Waals surface area contributed by atoms with Gasteiger partial charge in [0, 0.05) is 6.42 Å². The quantitative estimate of drug-likeness (QED) is 0.747. The van der Waals surface area contributed by atoms with Gasteiger partial charge in [-0.1, -0.05) is 12.1 Å². The van der Waals surface area contributed by atoms with Crippen molar-refractivity contribution in [2.75, 3.05) is 7.11 Å². The van der Waals surface area contributed by atoms with Crippen molar-refractivity contribution in [1.29, 1.82) is 0 Å². The van der Waals surface area contributed by atoms with Crippen LogP contribution in [0.4, 0.5) is 4.79 Å². The number of ether oxygens (including phenoxy) is 1. The van der Waals surface area contributed by atoms with Crippen LogP contribution in [0.5, 0.6) is 5.75 Å². The molecule has 0 saturated carbocycles. The van der Waals surface area contributed by atoms with E-state index in [0.717, 1.165) is 7.11 Å². The predicted molar refractivity (Wildman–Crippen MR) is 63.4 cm³/mol. The number of alkyl carbamates (subject to hydrolysis) is 1. The Morgan fingerprint density at radius 3 is 2.33 bits per heavy atom. The Hall–Kier alpha value is -2.24. The summed E-state index contributed by atoms with van der Waals surface area (Å²) in [5.74, 6) is -1.07. The molecule has 98 valence electrons. The highest BCUT2D eigenvalue weighted by Gasteiger charge is 2.35. The van der Waals surface area contributed by atoms with Crippen molar-refractivity contribution in [3.63, 3.8) is 0 Å². The first kappa shape index (κ1) is 13.8. The Balaban J connectivity index is 2.89. The first-order valence-corrected chi connectivity index (χ1v) is 5.25. The van der Waals surface area contributed by atoms with E-state index in [1.807, 2.05) is 0 Å². The van der Waals surface area contributed by atoms with Crippen molar-refractivity contribution >= 4 is 12.1 Å². The molecule has 0 aromatic heterocycles. The average molecular weight is 253 g/mol. The summed E-state index contributed by atoms with van der Waals surface area (Å²) in [5, 5.41) is 20.6. The molecule has 0 fully saturated rings. The number of benzene rings is 1. The third-order valence-electron chi connectivity index (χ3n) is 2.53. The minimum atomic E-state index is -1.47. The molecule has 1 amide bonds. The van der Waals surface area contributed by atoms with E-state index in [2.05, 4.69) is 10.1 Å². The van der Waals surface area contributed by atoms with Gasteiger partial charge in [0.15, 0.2) is 0 Å². The Labute approximate surface area is 104 Å². The number of methoxy groups -OCH3 is 1. The van der Waals surface area contributed by atoms with E-state index < -0.39 is 17.6 Å². The molecular formula is C12H15NO5. The molecule has 6 nitrogen and oxygen atoms in total. The molecule has 0 bridgehead atoms. The Morgan fingerprint density at radius 2 is 1.89 bits per heavy atom. The van der Waals surface area contributed by atoms with Crippen molar-refractivity contribution in [1.82, 2.24) is 5.32 Å². The Morgan fingerprint density at radius 1 is 1.33 bits per heavy atom. The van der Waals surface area contributed by atoms with Gasteiger partial charge in [-0.3, -0.25) is 0 Å². The fourth-order valence-corrected chi connectivity index (χ4v) is 1.47. The summed E-state index contributed by atoms with van der Waals surface area (Å²) in [6.45, 7) is 1.39. The van der Waals surface area contributed by atoms with Gasteiger partial charge in [-0.2, -0.15) is 0 Å². The molecule has 1 rings (SSSR count). The van der Waals surface area contributed by atoms with Crippen LogP contribution in [0.3, 0.4) is 0 Å². The summed E-state index contributed by atoms with van der Waals surface area (Å²) < 4.78 is 4.40. The van der Waals surface area contributed by atoms with Crippen LogP contribution in [0.1, 0.15) is 12.5 Å². The van der Waals surface area contributed by atoms with Crippen molar-refractivity contribution in [3.8, 4) is 5.75 Å². The monoisotopic (exact) mass is 253 g/mol. The van der Waals surface area contributed by atoms with Crippen molar-refractivity contribution in [3.05, 3.63) is 29.8 Å². The number of carboxylic acid groups (broad SMARTS) is 1. The third kappa shape index (κ3) is 3.38. The van der Waals surface area contributed by atoms with E-state index in [9.17, 15) is 14.7 Å². The van der Waals surface area contributed by atoms with E-state index >= 15 is 0 Å². The molecule has 1 unspecified atom stereocenters. The number of phenols is 1. The van der Waals surface area contributed by atoms with Crippen LogP contribution < -0.4 is 5.32 Å². The topological polar surface area (TPSA) is 95.9 Å². The summed E-state index contributed by atoms with van der Waals surface area (Å²) in [6.07, 6.45) is -0.726. The number of carbonyl (C=O) groups excluding carboxylic acids is 1. The minimum absolute atomic E-state index is 0.0811. The summed E-state index contributed by atoms with van der Waals surface area (Å²) in [4.78, 5) is 22.4. The maximum atomic E-state index is 11.2. The molecule has 0 heterocycles. The van der Waals surface area contributed by atoms with Crippen LogP contribution in [0, 0.1) is 0 Å². The summed E-state index contributed by atoms with van der Waals surface area (Å²) >= 11 is 0. The van der Waals surface area contributed by atoms with E-state index in [1.54, 1.807) is 12.1 Å². The highest BCUT2D eigenvalue weighted by atomic mass is 16.5. The average Bonchev–Trinajstić information content (AvgIpc) is 2.31. The number of carboxylic acids is 1. The normalized spacial score (nSPS) is 13.4.